The molecule has 1 saturated carbocycles. The maximum absolute atomic E-state index is 15.1. The Morgan fingerprint density at radius 1 is 1.18 bits per heavy atom. The molecule has 5 rings (SSSR count). The van der Waals surface area contributed by atoms with Crippen molar-refractivity contribution in [2.45, 2.75) is 64.0 Å². The SMILES string of the molecule is CC(C)n1c(N2CCN(C)CC(F)(F)C2)nc2c(F)cc(-c3nc(N)ncc3Cl)cc21.CNC(=O)OF.OC1CCCCC1. The topological polar surface area (TPSA) is 135 Å². The summed E-state index contributed by atoms with van der Waals surface area (Å²) in [7, 11) is 2.92. The van der Waals surface area contributed by atoms with E-state index >= 15 is 4.39 Å². The molecule has 0 bridgehead atoms. The van der Waals surface area contributed by atoms with Crippen molar-refractivity contribution in [3.05, 3.63) is 29.2 Å². The van der Waals surface area contributed by atoms with Gasteiger partial charge in [0.25, 0.3) is 5.92 Å². The van der Waals surface area contributed by atoms with Crippen LogP contribution in [0.1, 0.15) is 52.0 Å². The summed E-state index contributed by atoms with van der Waals surface area (Å²) in [5, 5.41) is 11.0. The molecule has 1 aromatic carbocycles. The van der Waals surface area contributed by atoms with Crippen molar-refractivity contribution in [3.63, 3.8) is 0 Å². The number of fused-ring (bicyclic) bond motifs is 1. The Hall–Kier alpha value is -3.43. The van der Waals surface area contributed by atoms with Gasteiger partial charge in [0.15, 0.2) is 5.82 Å². The molecule has 2 aliphatic rings. The van der Waals surface area contributed by atoms with E-state index in [0.29, 0.717) is 30.1 Å². The Kier molecular flexibility index (Phi) is 12.4. The van der Waals surface area contributed by atoms with Gasteiger partial charge in [-0.2, -0.15) is 0 Å². The molecule has 1 saturated heterocycles. The number of amides is 1. The number of imidazole rings is 1. The molecule has 11 nitrogen and oxygen atoms in total. The van der Waals surface area contributed by atoms with Gasteiger partial charge in [-0.1, -0.05) is 30.9 Å². The first-order chi connectivity index (χ1) is 20.8. The number of hydrogen-bond acceptors (Lipinski definition) is 9. The first-order valence-corrected chi connectivity index (χ1v) is 14.6. The number of nitrogen functional groups attached to an aromatic ring is 1. The maximum Gasteiger partial charge on any atom is 0.444 e. The lowest BCUT2D eigenvalue weighted by Gasteiger charge is -2.26. The van der Waals surface area contributed by atoms with Crippen LogP contribution in [-0.2, 0) is 4.94 Å². The van der Waals surface area contributed by atoms with E-state index in [-0.39, 0.29) is 40.9 Å². The molecule has 1 aliphatic heterocycles. The standard InChI is InChI=1S/C20H23ClF3N7.C6H12O.C2H4FNO2/c1-11(2)31-15-7-12(16-13(21)8-26-18(25)27-16)6-14(22)17(15)28-19(31)30-5-4-29(3)9-20(23,24)10-30;7-6-4-2-1-3-5-6;1-4-2(5)6-3/h6-8,11H,4-5,9-10H2,1-3H3,(H2,25,26,27);6-7H,1-5H2;1H3,(H,4,5). The normalized spacial score (nSPS) is 17.3. The number of hydrogen-bond donors (Lipinski definition) is 3. The fourth-order valence-electron chi connectivity index (χ4n) is 5.06. The number of carbonyl (C=O) groups is 1. The Balaban J connectivity index is 0.000000338. The van der Waals surface area contributed by atoms with Crippen molar-refractivity contribution < 1.29 is 32.5 Å². The summed E-state index contributed by atoms with van der Waals surface area (Å²) in [5.41, 5.74) is 6.93. The molecule has 0 unspecified atom stereocenters. The summed E-state index contributed by atoms with van der Waals surface area (Å²) in [4.78, 5) is 27.6. The highest BCUT2D eigenvalue weighted by molar-refractivity contribution is 6.33. The molecular formula is C28H39ClF4N8O3. The second-order valence-electron chi connectivity index (χ2n) is 11.0. The number of aliphatic hydroxyl groups is 1. The molecule has 1 amide bonds. The summed E-state index contributed by atoms with van der Waals surface area (Å²) in [6.45, 7) is 3.76. The monoisotopic (exact) mass is 646 g/mol. The molecule has 3 aromatic rings. The van der Waals surface area contributed by atoms with Gasteiger partial charge in [0, 0.05) is 36.3 Å². The maximum atomic E-state index is 15.1. The second-order valence-corrected chi connectivity index (χ2v) is 11.5. The predicted molar refractivity (Wildman–Crippen MR) is 161 cm³/mol. The molecule has 44 heavy (non-hydrogen) atoms. The zero-order valence-corrected chi connectivity index (χ0v) is 25.9. The molecule has 1 aliphatic carbocycles. The lowest BCUT2D eigenvalue weighted by molar-refractivity contribution is -0.0613. The van der Waals surface area contributed by atoms with Gasteiger partial charge in [-0.25, -0.2) is 37.9 Å². The van der Waals surface area contributed by atoms with E-state index in [1.807, 2.05) is 19.2 Å². The number of likely N-dealkylation sites (N-methyl/N-ethyl adjacent to an activating group) is 1. The molecule has 4 N–H and O–H groups in total. The van der Waals surface area contributed by atoms with Crippen molar-refractivity contribution in [1.29, 1.82) is 0 Å². The van der Waals surface area contributed by atoms with E-state index < -0.39 is 24.4 Å². The number of nitrogens with two attached hydrogens (primary N) is 1. The molecule has 244 valence electrons. The van der Waals surface area contributed by atoms with Crippen molar-refractivity contribution in [2.24, 2.45) is 0 Å². The van der Waals surface area contributed by atoms with E-state index in [1.54, 1.807) is 22.6 Å². The van der Waals surface area contributed by atoms with Crippen LogP contribution >= 0.6 is 11.6 Å². The van der Waals surface area contributed by atoms with Crippen molar-refractivity contribution in [1.82, 2.24) is 29.7 Å². The van der Waals surface area contributed by atoms with Crippen molar-refractivity contribution in [2.75, 3.05) is 50.9 Å². The lowest BCUT2D eigenvalue weighted by Crippen LogP contribution is -2.39. The number of aromatic nitrogens is 4. The van der Waals surface area contributed by atoms with Crippen molar-refractivity contribution in [3.8, 4) is 11.3 Å². The van der Waals surface area contributed by atoms with E-state index in [4.69, 9.17) is 22.4 Å². The van der Waals surface area contributed by atoms with Gasteiger partial charge in [0.2, 0.25) is 11.9 Å². The number of nitrogens with one attached hydrogen (secondary N) is 1. The highest BCUT2D eigenvalue weighted by Crippen LogP contribution is 2.35. The smallest absolute Gasteiger partial charge is 0.393 e. The van der Waals surface area contributed by atoms with Gasteiger partial charge in [-0.15, -0.1) is 0 Å². The zero-order chi connectivity index (χ0) is 32.6. The molecule has 16 heteroatoms. The van der Waals surface area contributed by atoms with Gasteiger partial charge >= 0.3 is 6.09 Å². The Labute approximate surface area is 258 Å². The fourth-order valence-corrected chi connectivity index (χ4v) is 5.26. The highest BCUT2D eigenvalue weighted by atomic mass is 35.5. The van der Waals surface area contributed by atoms with E-state index in [2.05, 4.69) is 19.9 Å². The van der Waals surface area contributed by atoms with Gasteiger partial charge < -0.3 is 25.6 Å². The fraction of sp³-hybridized carbons (Fsp3) is 0.571. The Morgan fingerprint density at radius 3 is 2.41 bits per heavy atom. The van der Waals surface area contributed by atoms with E-state index in [1.165, 1.54) is 43.5 Å². The Morgan fingerprint density at radius 2 is 1.86 bits per heavy atom. The predicted octanol–water partition coefficient (Wildman–Crippen LogP) is 5.37. The van der Waals surface area contributed by atoms with Crippen LogP contribution in [0.2, 0.25) is 5.02 Å². The molecule has 0 atom stereocenters. The minimum absolute atomic E-state index is 0.00822. The summed E-state index contributed by atoms with van der Waals surface area (Å²) in [6, 6.07) is 2.81. The third kappa shape index (κ3) is 9.29. The molecular weight excluding hydrogens is 608 g/mol. The van der Waals surface area contributed by atoms with E-state index in [9.17, 15) is 18.1 Å². The van der Waals surface area contributed by atoms with Gasteiger partial charge in [0.05, 0.1) is 41.6 Å². The number of halogens is 5. The quantitative estimate of drug-likeness (QED) is 0.321. The van der Waals surface area contributed by atoms with Crippen LogP contribution in [0, 0.1) is 5.82 Å². The number of anilines is 2. The van der Waals surface area contributed by atoms with Crippen LogP contribution in [0.3, 0.4) is 0 Å². The molecule has 0 spiro atoms. The average Bonchev–Trinajstić information content (AvgIpc) is 3.30. The molecule has 2 fully saturated rings. The minimum Gasteiger partial charge on any atom is -0.393 e. The van der Waals surface area contributed by atoms with Crippen LogP contribution in [-0.4, -0.2) is 87.9 Å². The summed E-state index contributed by atoms with van der Waals surface area (Å²) in [5.74, 6) is -3.20. The van der Waals surface area contributed by atoms with Crippen LogP contribution in [0.4, 0.5) is 34.4 Å². The number of aliphatic hydroxyl groups excluding tert-OH is 1. The first-order valence-electron chi connectivity index (χ1n) is 14.3. The summed E-state index contributed by atoms with van der Waals surface area (Å²) >= 11 is 6.21. The highest BCUT2D eigenvalue weighted by Gasteiger charge is 2.38. The minimum atomic E-state index is -2.92. The van der Waals surface area contributed by atoms with E-state index in [0.717, 1.165) is 12.8 Å². The van der Waals surface area contributed by atoms with Crippen LogP contribution in [0.25, 0.3) is 22.3 Å². The third-order valence-electron chi connectivity index (χ3n) is 7.09. The number of benzene rings is 1. The largest absolute Gasteiger partial charge is 0.444 e. The summed E-state index contributed by atoms with van der Waals surface area (Å²) in [6.07, 6.45) is 6.20. The number of alkyl halides is 2. The van der Waals surface area contributed by atoms with Crippen LogP contribution in [0.15, 0.2) is 18.3 Å². The average molecular weight is 647 g/mol. The Bertz CT molecular complexity index is 1400. The zero-order valence-electron chi connectivity index (χ0n) is 25.2. The third-order valence-corrected chi connectivity index (χ3v) is 7.37. The second kappa shape index (κ2) is 15.5. The van der Waals surface area contributed by atoms with Gasteiger partial charge in [-0.3, -0.25) is 4.90 Å². The number of rotatable bonds is 3. The molecule has 2 aromatic heterocycles. The van der Waals surface area contributed by atoms with Crippen LogP contribution in [0.5, 0.6) is 0 Å². The summed E-state index contributed by atoms with van der Waals surface area (Å²) < 4.78 is 56.3. The van der Waals surface area contributed by atoms with Gasteiger partial charge in [-0.05, 0) is 45.9 Å². The van der Waals surface area contributed by atoms with Crippen LogP contribution < -0.4 is 16.0 Å². The van der Waals surface area contributed by atoms with Gasteiger partial charge in [0.1, 0.15) is 5.52 Å². The molecule has 3 heterocycles. The molecule has 0 radical (unpaired) electrons. The number of nitrogens with zero attached hydrogens (tertiary/aromatic N) is 6. The first kappa shape index (κ1) is 35.1. The number of carbonyl (C=O) groups excluding carboxylic acids is 1. The lowest BCUT2D eigenvalue weighted by atomic mass is 9.98. The van der Waals surface area contributed by atoms with Crippen molar-refractivity contribution >= 4 is 40.6 Å².